The van der Waals surface area contributed by atoms with Gasteiger partial charge in [0.15, 0.2) is 0 Å². The van der Waals surface area contributed by atoms with Crippen molar-refractivity contribution in [1.82, 2.24) is 9.88 Å². The van der Waals surface area contributed by atoms with Crippen molar-refractivity contribution in [2.45, 2.75) is 38.1 Å². The lowest BCUT2D eigenvalue weighted by Gasteiger charge is -2.37. The van der Waals surface area contributed by atoms with Crippen LogP contribution in [0.25, 0.3) is 0 Å². The summed E-state index contributed by atoms with van der Waals surface area (Å²) in [5, 5.41) is 0. The Kier molecular flexibility index (Phi) is 3.38. The Balaban J connectivity index is 1.78. The van der Waals surface area contributed by atoms with Crippen molar-refractivity contribution in [3.05, 3.63) is 24.0 Å². The number of anilines is 1. The second-order valence-electron chi connectivity index (χ2n) is 5.48. The molecule has 2 heterocycles. The molecule has 0 aromatic carbocycles. The van der Waals surface area contributed by atoms with Gasteiger partial charge in [-0.05, 0) is 43.7 Å². The van der Waals surface area contributed by atoms with Gasteiger partial charge in [-0.1, -0.05) is 6.42 Å². The molecular weight excluding hydrogens is 240 g/mol. The summed E-state index contributed by atoms with van der Waals surface area (Å²) in [5.41, 5.74) is 3.76. The number of carbonyl (C=O) groups is 1. The minimum Gasteiger partial charge on any atom is -0.334 e. The van der Waals surface area contributed by atoms with E-state index in [1.165, 1.54) is 19.3 Å². The number of hydrogen-bond donors (Lipinski definition) is 2. The summed E-state index contributed by atoms with van der Waals surface area (Å²) < 4.78 is 0. The monoisotopic (exact) mass is 260 g/mol. The third-order valence-corrected chi connectivity index (χ3v) is 4.40. The van der Waals surface area contributed by atoms with Gasteiger partial charge >= 0.3 is 0 Å². The summed E-state index contributed by atoms with van der Waals surface area (Å²) in [6.45, 7) is 0.874. The van der Waals surface area contributed by atoms with Gasteiger partial charge in [-0.15, -0.1) is 0 Å². The van der Waals surface area contributed by atoms with Crippen LogP contribution in [0.2, 0.25) is 0 Å². The maximum absolute atomic E-state index is 12.6. The van der Waals surface area contributed by atoms with E-state index in [1.54, 1.807) is 18.3 Å². The summed E-state index contributed by atoms with van der Waals surface area (Å²) in [5.74, 6) is 6.08. The highest BCUT2D eigenvalue weighted by molar-refractivity contribution is 5.92. The van der Waals surface area contributed by atoms with Gasteiger partial charge in [-0.3, -0.25) is 10.6 Å². The maximum atomic E-state index is 12.6. The van der Waals surface area contributed by atoms with E-state index in [2.05, 4.69) is 10.4 Å². The van der Waals surface area contributed by atoms with Crippen LogP contribution in [0.5, 0.6) is 0 Å². The summed E-state index contributed by atoms with van der Waals surface area (Å²) >= 11 is 0. The van der Waals surface area contributed by atoms with Crippen molar-refractivity contribution < 1.29 is 4.79 Å². The van der Waals surface area contributed by atoms with Crippen LogP contribution < -0.4 is 11.3 Å². The van der Waals surface area contributed by atoms with Crippen molar-refractivity contribution in [1.29, 1.82) is 0 Å². The molecule has 19 heavy (non-hydrogen) atoms. The van der Waals surface area contributed by atoms with Crippen molar-refractivity contribution in [2.24, 2.45) is 11.8 Å². The first-order valence-electron chi connectivity index (χ1n) is 7.03. The average molecular weight is 260 g/mol. The molecule has 3 rings (SSSR count). The molecule has 2 atom stereocenters. The highest BCUT2D eigenvalue weighted by atomic mass is 16.2. The van der Waals surface area contributed by atoms with Crippen LogP contribution in [-0.4, -0.2) is 28.4 Å². The number of aromatic nitrogens is 1. The third kappa shape index (κ3) is 2.30. The van der Waals surface area contributed by atoms with Crippen molar-refractivity contribution in [3.8, 4) is 0 Å². The van der Waals surface area contributed by atoms with Crippen LogP contribution in [0.4, 0.5) is 5.69 Å². The molecule has 5 heteroatoms. The first-order chi connectivity index (χ1) is 9.29. The molecule has 2 fully saturated rings. The summed E-state index contributed by atoms with van der Waals surface area (Å²) in [6, 6.07) is 3.97. The molecule has 0 radical (unpaired) electrons. The molecule has 1 saturated heterocycles. The average Bonchev–Trinajstić information content (AvgIpc) is 2.95. The molecule has 5 nitrogen and oxygen atoms in total. The lowest BCUT2D eigenvalue weighted by Crippen LogP contribution is -2.46. The minimum absolute atomic E-state index is 0.0696. The number of pyridine rings is 1. The molecule has 1 aliphatic carbocycles. The molecule has 0 bridgehead atoms. The number of fused-ring (bicyclic) bond motifs is 1. The SMILES string of the molecule is NNc1ccc(C(=O)N2CCCC3CCCC32)nc1. The number of nitrogens with two attached hydrogens (primary N) is 1. The van der Waals surface area contributed by atoms with E-state index in [0.29, 0.717) is 23.3 Å². The van der Waals surface area contributed by atoms with Gasteiger partial charge in [0.2, 0.25) is 0 Å². The van der Waals surface area contributed by atoms with Gasteiger partial charge in [0.1, 0.15) is 5.69 Å². The predicted octanol–water partition coefficient (Wildman–Crippen LogP) is 1.77. The first kappa shape index (κ1) is 12.4. The molecule has 1 aromatic rings. The Morgan fingerprint density at radius 2 is 2.16 bits per heavy atom. The van der Waals surface area contributed by atoms with Crippen LogP contribution in [0.3, 0.4) is 0 Å². The number of nitrogen functional groups attached to an aromatic ring is 1. The molecule has 3 N–H and O–H groups in total. The lowest BCUT2D eigenvalue weighted by atomic mass is 9.91. The van der Waals surface area contributed by atoms with Crippen LogP contribution in [0.15, 0.2) is 18.3 Å². The van der Waals surface area contributed by atoms with E-state index in [0.717, 1.165) is 19.4 Å². The molecule has 2 aliphatic rings. The Morgan fingerprint density at radius 1 is 1.32 bits per heavy atom. The fourth-order valence-corrected chi connectivity index (χ4v) is 3.46. The largest absolute Gasteiger partial charge is 0.334 e. The lowest BCUT2D eigenvalue weighted by molar-refractivity contribution is 0.0542. The predicted molar refractivity (Wildman–Crippen MR) is 73.4 cm³/mol. The van der Waals surface area contributed by atoms with Crippen LogP contribution >= 0.6 is 0 Å². The second kappa shape index (κ2) is 5.17. The fraction of sp³-hybridized carbons (Fsp3) is 0.571. The van der Waals surface area contributed by atoms with Gasteiger partial charge in [-0.25, -0.2) is 4.98 Å². The number of nitrogens with one attached hydrogen (secondary N) is 1. The number of hydrazine groups is 1. The van der Waals surface area contributed by atoms with E-state index >= 15 is 0 Å². The smallest absolute Gasteiger partial charge is 0.272 e. The summed E-state index contributed by atoms with van der Waals surface area (Å²) in [7, 11) is 0. The second-order valence-corrected chi connectivity index (χ2v) is 5.48. The van der Waals surface area contributed by atoms with Gasteiger partial charge in [0.05, 0.1) is 11.9 Å². The first-order valence-corrected chi connectivity index (χ1v) is 7.03. The number of piperidine rings is 1. The topological polar surface area (TPSA) is 71.2 Å². The molecule has 0 spiro atoms. The van der Waals surface area contributed by atoms with E-state index < -0.39 is 0 Å². The van der Waals surface area contributed by atoms with Crippen LogP contribution in [-0.2, 0) is 0 Å². The zero-order chi connectivity index (χ0) is 13.2. The van der Waals surface area contributed by atoms with Gasteiger partial charge < -0.3 is 10.3 Å². The van der Waals surface area contributed by atoms with Gasteiger partial charge in [0, 0.05) is 12.6 Å². The van der Waals surface area contributed by atoms with E-state index in [4.69, 9.17) is 5.84 Å². The van der Waals surface area contributed by atoms with Crippen molar-refractivity contribution >= 4 is 11.6 Å². The number of nitrogens with zero attached hydrogens (tertiary/aromatic N) is 2. The van der Waals surface area contributed by atoms with Gasteiger partial charge in [0.25, 0.3) is 5.91 Å². The summed E-state index contributed by atoms with van der Waals surface area (Å²) in [4.78, 5) is 18.8. The van der Waals surface area contributed by atoms with Crippen LogP contribution in [0, 0.1) is 5.92 Å². The highest BCUT2D eigenvalue weighted by Gasteiger charge is 2.37. The molecule has 2 unspecified atom stereocenters. The van der Waals surface area contributed by atoms with E-state index in [9.17, 15) is 4.79 Å². The number of rotatable bonds is 2. The Bertz CT molecular complexity index is 459. The Morgan fingerprint density at radius 3 is 2.89 bits per heavy atom. The fourth-order valence-electron chi connectivity index (χ4n) is 3.46. The molecule has 1 saturated carbocycles. The van der Waals surface area contributed by atoms with E-state index in [1.807, 2.05) is 4.90 Å². The maximum Gasteiger partial charge on any atom is 0.272 e. The molecular formula is C14H20N4O. The zero-order valence-corrected chi connectivity index (χ0v) is 11.0. The van der Waals surface area contributed by atoms with Crippen LogP contribution in [0.1, 0.15) is 42.6 Å². The standard InChI is InChI=1S/C14H20N4O/c15-17-11-6-7-12(16-9-11)14(19)18-8-2-4-10-3-1-5-13(10)18/h6-7,9-10,13,17H,1-5,8,15H2. The Hall–Kier alpha value is -1.62. The zero-order valence-electron chi connectivity index (χ0n) is 11.0. The number of amides is 1. The highest BCUT2D eigenvalue weighted by Crippen LogP contribution is 2.37. The number of hydrogen-bond acceptors (Lipinski definition) is 4. The number of likely N-dealkylation sites (tertiary alicyclic amines) is 1. The van der Waals surface area contributed by atoms with Crippen molar-refractivity contribution in [3.63, 3.8) is 0 Å². The number of carbonyl (C=O) groups excluding carboxylic acids is 1. The molecule has 1 aliphatic heterocycles. The third-order valence-electron chi connectivity index (χ3n) is 4.40. The Labute approximate surface area is 113 Å². The molecule has 102 valence electrons. The summed E-state index contributed by atoms with van der Waals surface area (Å²) in [6.07, 6.45) is 7.68. The minimum atomic E-state index is 0.0696. The van der Waals surface area contributed by atoms with Crippen molar-refractivity contribution in [2.75, 3.05) is 12.0 Å². The quantitative estimate of drug-likeness (QED) is 0.628. The normalized spacial score (nSPS) is 26.1. The van der Waals surface area contributed by atoms with E-state index in [-0.39, 0.29) is 5.91 Å². The van der Waals surface area contributed by atoms with Gasteiger partial charge in [-0.2, -0.15) is 0 Å². The molecule has 1 aromatic heterocycles. The molecule has 1 amide bonds.